The Kier molecular flexibility index (Phi) is 5.98. The maximum absolute atomic E-state index is 12.0. The standard InChI is InChI=1S/C14H21N3O3S/c1-2-20-14(19)17-13-16-11(9-21-13)8-12(18)15-10-6-4-3-5-7-10/h9-10H,2-8H2,1H3,(H,15,18)(H,16,17,19). The average Bonchev–Trinajstić information content (AvgIpc) is 2.87. The Morgan fingerprint density at radius 1 is 1.38 bits per heavy atom. The monoisotopic (exact) mass is 311 g/mol. The molecule has 2 N–H and O–H groups in total. The highest BCUT2D eigenvalue weighted by Crippen LogP contribution is 2.18. The molecule has 1 aliphatic carbocycles. The van der Waals surface area contributed by atoms with E-state index in [4.69, 9.17) is 4.74 Å². The Labute approximate surface area is 128 Å². The van der Waals surface area contributed by atoms with Crippen molar-refractivity contribution in [2.24, 2.45) is 0 Å². The van der Waals surface area contributed by atoms with Crippen LogP contribution in [0.2, 0.25) is 0 Å². The molecule has 2 amide bonds. The molecule has 2 rings (SSSR count). The fourth-order valence-electron chi connectivity index (χ4n) is 2.39. The lowest BCUT2D eigenvalue weighted by atomic mass is 9.95. The molecule has 0 aliphatic heterocycles. The highest BCUT2D eigenvalue weighted by molar-refractivity contribution is 7.13. The van der Waals surface area contributed by atoms with Crippen LogP contribution in [-0.4, -0.2) is 29.6 Å². The maximum atomic E-state index is 12.0. The number of carbonyl (C=O) groups excluding carboxylic acids is 2. The molecule has 1 aromatic rings. The van der Waals surface area contributed by atoms with Crippen LogP contribution in [0.25, 0.3) is 0 Å². The molecule has 0 radical (unpaired) electrons. The van der Waals surface area contributed by atoms with E-state index in [2.05, 4.69) is 15.6 Å². The van der Waals surface area contributed by atoms with Crippen LogP contribution in [0.4, 0.5) is 9.93 Å². The second-order valence-electron chi connectivity index (χ2n) is 5.07. The van der Waals surface area contributed by atoms with E-state index in [1.54, 1.807) is 12.3 Å². The SMILES string of the molecule is CCOC(=O)Nc1nc(CC(=O)NC2CCCCC2)cs1. The number of aromatic nitrogens is 1. The number of hydrogen-bond donors (Lipinski definition) is 2. The van der Waals surface area contributed by atoms with Crippen molar-refractivity contribution in [2.45, 2.75) is 51.5 Å². The first-order chi connectivity index (χ1) is 10.2. The number of nitrogens with zero attached hydrogens (tertiary/aromatic N) is 1. The van der Waals surface area contributed by atoms with Crippen molar-refractivity contribution in [3.8, 4) is 0 Å². The van der Waals surface area contributed by atoms with Gasteiger partial charge < -0.3 is 10.1 Å². The first kappa shape index (κ1) is 15.8. The summed E-state index contributed by atoms with van der Waals surface area (Å²) in [6, 6.07) is 0.307. The van der Waals surface area contributed by atoms with Crippen molar-refractivity contribution in [2.75, 3.05) is 11.9 Å². The molecule has 116 valence electrons. The zero-order chi connectivity index (χ0) is 15.1. The molecule has 1 saturated carbocycles. The van der Waals surface area contributed by atoms with Gasteiger partial charge in [-0.1, -0.05) is 19.3 Å². The summed E-state index contributed by atoms with van der Waals surface area (Å²) in [4.78, 5) is 27.4. The van der Waals surface area contributed by atoms with Crippen LogP contribution in [0.3, 0.4) is 0 Å². The van der Waals surface area contributed by atoms with Crippen molar-refractivity contribution in [1.29, 1.82) is 0 Å². The Morgan fingerprint density at radius 2 is 2.14 bits per heavy atom. The van der Waals surface area contributed by atoms with E-state index in [-0.39, 0.29) is 12.3 Å². The minimum absolute atomic E-state index is 0.00474. The molecule has 0 bridgehead atoms. The van der Waals surface area contributed by atoms with Crippen LogP contribution in [0.5, 0.6) is 0 Å². The third kappa shape index (κ3) is 5.34. The molecule has 1 fully saturated rings. The van der Waals surface area contributed by atoms with E-state index in [1.807, 2.05) is 0 Å². The van der Waals surface area contributed by atoms with Gasteiger partial charge in [0.25, 0.3) is 0 Å². The summed E-state index contributed by atoms with van der Waals surface area (Å²) < 4.78 is 4.77. The number of anilines is 1. The molecular weight excluding hydrogens is 290 g/mol. The zero-order valence-electron chi connectivity index (χ0n) is 12.2. The molecule has 1 heterocycles. The molecule has 1 aliphatic rings. The van der Waals surface area contributed by atoms with Gasteiger partial charge in [-0.3, -0.25) is 10.1 Å². The van der Waals surface area contributed by atoms with Crippen molar-refractivity contribution in [3.63, 3.8) is 0 Å². The summed E-state index contributed by atoms with van der Waals surface area (Å²) in [6.07, 6.45) is 5.50. The molecular formula is C14H21N3O3S. The first-order valence-corrected chi connectivity index (χ1v) is 8.23. The largest absolute Gasteiger partial charge is 0.450 e. The summed E-state index contributed by atoms with van der Waals surface area (Å²) in [6.45, 7) is 2.05. The van der Waals surface area contributed by atoms with Gasteiger partial charge in [-0.2, -0.15) is 0 Å². The quantitative estimate of drug-likeness (QED) is 0.876. The van der Waals surface area contributed by atoms with Gasteiger partial charge in [0.05, 0.1) is 18.7 Å². The van der Waals surface area contributed by atoms with Gasteiger partial charge in [0, 0.05) is 11.4 Å². The van der Waals surface area contributed by atoms with Gasteiger partial charge >= 0.3 is 6.09 Å². The lowest BCUT2D eigenvalue weighted by Crippen LogP contribution is -2.37. The molecule has 0 spiro atoms. The molecule has 6 nitrogen and oxygen atoms in total. The van der Waals surface area contributed by atoms with E-state index in [9.17, 15) is 9.59 Å². The smallest absolute Gasteiger partial charge is 0.413 e. The molecule has 1 aromatic heterocycles. The topological polar surface area (TPSA) is 80.3 Å². The Hall–Kier alpha value is -1.63. The molecule has 0 saturated heterocycles. The van der Waals surface area contributed by atoms with Crippen molar-refractivity contribution in [1.82, 2.24) is 10.3 Å². The van der Waals surface area contributed by atoms with Crippen LogP contribution in [0.15, 0.2) is 5.38 Å². The summed E-state index contributed by atoms with van der Waals surface area (Å²) in [5.74, 6) is -0.00474. The fourth-order valence-corrected chi connectivity index (χ4v) is 3.09. The number of thiazole rings is 1. The third-order valence-electron chi connectivity index (χ3n) is 3.35. The predicted octanol–water partition coefficient (Wildman–Crippen LogP) is 2.70. The number of hydrogen-bond acceptors (Lipinski definition) is 5. The molecule has 0 aromatic carbocycles. The van der Waals surface area contributed by atoms with Gasteiger partial charge in [-0.15, -0.1) is 11.3 Å². The number of nitrogens with one attached hydrogen (secondary N) is 2. The highest BCUT2D eigenvalue weighted by Gasteiger charge is 2.16. The molecule has 0 atom stereocenters. The van der Waals surface area contributed by atoms with Crippen LogP contribution < -0.4 is 10.6 Å². The normalized spacial score (nSPS) is 15.5. The van der Waals surface area contributed by atoms with Gasteiger partial charge in [0.1, 0.15) is 0 Å². The zero-order valence-corrected chi connectivity index (χ0v) is 13.0. The minimum Gasteiger partial charge on any atom is -0.450 e. The Balaban J connectivity index is 1.78. The van der Waals surface area contributed by atoms with Gasteiger partial charge in [-0.25, -0.2) is 9.78 Å². The number of carbonyl (C=O) groups is 2. The summed E-state index contributed by atoms with van der Waals surface area (Å²) in [5, 5.41) is 7.82. The Bertz CT molecular complexity index is 484. The van der Waals surface area contributed by atoms with Gasteiger partial charge in [0.15, 0.2) is 5.13 Å². The van der Waals surface area contributed by atoms with Crippen LogP contribution >= 0.6 is 11.3 Å². The minimum atomic E-state index is -0.523. The summed E-state index contributed by atoms with van der Waals surface area (Å²) in [5.41, 5.74) is 0.667. The number of rotatable bonds is 5. The van der Waals surface area contributed by atoms with Crippen LogP contribution in [0, 0.1) is 0 Å². The summed E-state index contributed by atoms with van der Waals surface area (Å²) in [7, 11) is 0. The maximum Gasteiger partial charge on any atom is 0.413 e. The molecule has 7 heteroatoms. The lowest BCUT2D eigenvalue weighted by molar-refractivity contribution is -0.121. The number of amides is 2. The van der Waals surface area contributed by atoms with E-state index in [0.717, 1.165) is 12.8 Å². The lowest BCUT2D eigenvalue weighted by Gasteiger charge is -2.22. The third-order valence-corrected chi connectivity index (χ3v) is 4.15. The average molecular weight is 311 g/mol. The second-order valence-corrected chi connectivity index (χ2v) is 5.93. The molecule has 0 unspecified atom stereocenters. The Morgan fingerprint density at radius 3 is 2.86 bits per heavy atom. The first-order valence-electron chi connectivity index (χ1n) is 7.35. The van der Waals surface area contributed by atoms with E-state index < -0.39 is 6.09 Å². The molecule has 21 heavy (non-hydrogen) atoms. The predicted molar refractivity (Wildman–Crippen MR) is 81.5 cm³/mol. The van der Waals surface area contributed by atoms with Gasteiger partial charge in [-0.05, 0) is 19.8 Å². The highest BCUT2D eigenvalue weighted by atomic mass is 32.1. The second kappa shape index (κ2) is 7.97. The fraction of sp³-hybridized carbons (Fsp3) is 0.643. The van der Waals surface area contributed by atoms with E-state index in [1.165, 1.54) is 30.6 Å². The van der Waals surface area contributed by atoms with E-state index in [0.29, 0.717) is 23.5 Å². The van der Waals surface area contributed by atoms with E-state index >= 15 is 0 Å². The van der Waals surface area contributed by atoms with Crippen molar-refractivity contribution >= 4 is 28.5 Å². The number of ether oxygens (including phenoxy) is 1. The van der Waals surface area contributed by atoms with Crippen LogP contribution in [-0.2, 0) is 16.0 Å². The van der Waals surface area contributed by atoms with Crippen molar-refractivity contribution < 1.29 is 14.3 Å². The van der Waals surface area contributed by atoms with Gasteiger partial charge in [0.2, 0.25) is 5.91 Å². The van der Waals surface area contributed by atoms with Crippen LogP contribution in [0.1, 0.15) is 44.7 Å². The summed E-state index contributed by atoms with van der Waals surface area (Å²) >= 11 is 1.29. The van der Waals surface area contributed by atoms with Crippen molar-refractivity contribution in [3.05, 3.63) is 11.1 Å².